The second kappa shape index (κ2) is 8.27. The van der Waals surface area contributed by atoms with Crippen LogP contribution in [0.5, 0.6) is 0 Å². The second-order valence-electron chi connectivity index (χ2n) is 5.01. The zero-order valence-corrected chi connectivity index (χ0v) is 15.1. The number of benzene rings is 1. The first-order valence-electron chi connectivity index (χ1n) is 7.38. The maximum atomic E-state index is 11.8. The molecule has 2 amide bonds. The molecule has 0 fully saturated rings. The van der Waals surface area contributed by atoms with E-state index >= 15 is 0 Å². The zero-order valence-electron chi connectivity index (χ0n) is 13.5. The molecule has 0 spiro atoms. The van der Waals surface area contributed by atoms with E-state index in [0.717, 1.165) is 17.4 Å². The molecule has 24 heavy (non-hydrogen) atoms. The Kier molecular flexibility index (Phi) is 6.35. The summed E-state index contributed by atoms with van der Waals surface area (Å²) >= 11 is 1.20. The van der Waals surface area contributed by atoms with Crippen LogP contribution in [0.1, 0.15) is 13.3 Å². The lowest BCUT2D eigenvalue weighted by Gasteiger charge is -2.07. The van der Waals surface area contributed by atoms with Crippen molar-refractivity contribution < 1.29 is 17.9 Å². The number of anilines is 2. The molecular formula is C14H20N4O4S2. The molecule has 0 saturated heterocycles. The second-order valence-corrected chi connectivity index (χ2v) is 7.79. The predicted molar refractivity (Wildman–Crippen MR) is 96.2 cm³/mol. The van der Waals surface area contributed by atoms with Crippen molar-refractivity contribution in [3.05, 3.63) is 18.2 Å². The lowest BCUT2D eigenvalue weighted by molar-refractivity contribution is 0.145. The van der Waals surface area contributed by atoms with Crippen molar-refractivity contribution in [3.63, 3.8) is 0 Å². The number of urea groups is 1. The Balaban J connectivity index is 1.94. The Morgan fingerprint density at radius 1 is 1.38 bits per heavy atom. The van der Waals surface area contributed by atoms with Gasteiger partial charge in [0.05, 0.1) is 16.5 Å². The van der Waals surface area contributed by atoms with Gasteiger partial charge in [0.1, 0.15) is 0 Å². The molecule has 0 aliphatic heterocycles. The Labute approximate surface area is 144 Å². The summed E-state index contributed by atoms with van der Waals surface area (Å²) in [5.74, 6) is 0. The van der Waals surface area contributed by atoms with Crippen molar-refractivity contribution in [2.24, 2.45) is 0 Å². The van der Waals surface area contributed by atoms with Gasteiger partial charge in [0.2, 0.25) is 10.0 Å². The number of rotatable bonds is 8. The highest BCUT2D eigenvalue weighted by Gasteiger charge is 2.09. The summed E-state index contributed by atoms with van der Waals surface area (Å²) in [7, 11) is -3.36. The highest BCUT2D eigenvalue weighted by Crippen LogP contribution is 2.28. The average molecular weight is 372 g/mol. The molecular weight excluding hydrogens is 352 g/mol. The van der Waals surface area contributed by atoms with Gasteiger partial charge >= 0.3 is 6.03 Å². The first kappa shape index (κ1) is 18.4. The maximum Gasteiger partial charge on any atom is 0.319 e. The minimum Gasteiger partial charge on any atom is -0.382 e. The van der Waals surface area contributed by atoms with Gasteiger partial charge in [0.25, 0.3) is 0 Å². The Morgan fingerprint density at radius 3 is 2.88 bits per heavy atom. The van der Waals surface area contributed by atoms with Crippen LogP contribution in [0.2, 0.25) is 0 Å². The number of thiazole rings is 1. The van der Waals surface area contributed by atoms with Crippen LogP contribution in [0, 0.1) is 0 Å². The smallest absolute Gasteiger partial charge is 0.319 e. The molecule has 0 bridgehead atoms. The molecule has 1 heterocycles. The van der Waals surface area contributed by atoms with Crippen molar-refractivity contribution in [2.75, 3.05) is 36.1 Å². The van der Waals surface area contributed by atoms with Crippen LogP contribution in [0.3, 0.4) is 0 Å². The van der Waals surface area contributed by atoms with Gasteiger partial charge in [-0.25, -0.2) is 18.2 Å². The van der Waals surface area contributed by atoms with E-state index in [-0.39, 0.29) is 6.03 Å². The zero-order chi connectivity index (χ0) is 17.6. The topological polar surface area (TPSA) is 109 Å². The van der Waals surface area contributed by atoms with Crippen LogP contribution in [0.15, 0.2) is 18.2 Å². The molecule has 8 nitrogen and oxygen atoms in total. The summed E-state index contributed by atoms with van der Waals surface area (Å²) in [5.41, 5.74) is 1.27. The molecule has 0 saturated carbocycles. The number of carbonyl (C=O) groups is 1. The number of nitrogens with zero attached hydrogens (tertiary/aromatic N) is 1. The fourth-order valence-electron chi connectivity index (χ4n) is 1.90. The first-order valence-corrected chi connectivity index (χ1v) is 10.1. The van der Waals surface area contributed by atoms with Crippen LogP contribution >= 0.6 is 11.3 Å². The van der Waals surface area contributed by atoms with E-state index in [1.807, 2.05) is 6.92 Å². The quantitative estimate of drug-likeness (QED) is 0.616. The van der Waals surface area contributed by atoms with Crippen LogP contribution in [-0.2, 0) is 14.8 Å². The Bertz CT molecular complexity index is 804. The van der Waals surface area contributed by atoms with E-state index in [2.05, 4.69) is 20.3 Å². The number of hydrogen-bond donors (Lipinski definition) is 3. The molecule has 0 unspecified atom stereocenters. The van der Waals surface area contributed by atoms with Crippen LogP contribution in [0.4, 0.5) is 15.6 Å². The van der Waals surface area contributed by atoms with Crippen LogP contribution < -0.4 is 15.4 Å². The minimum absolute atomic E-state index is 0.296. The van der Waals surface area contributed by atoms with Gasteiger partial charge in [0, 0.05) is 25.4 Å². The highest BCUT2D eigenvalue weighted by molar-refractivity contribution is 7.92. The normalized spacial score (nSPS) is 11.4. The summed E-state index contributed by atoms with van der Waals surface area (Å²) in [6.45, 7) is 3.72. The lowest BCUT2D eigenvalue weighted by Crippen LogP contribution is -2.30. The minimum atomic E-state index is -3.36. The summed E-state index contributed by atoms with van der Waals surface area (Å²) in [5, 5.41) is 5.77. The molecule has 0 aliphatic rings. The van der Waals surface area contributed by atoms with E-state index in [9.17, 15) is 13.2 Å². The highest BCUT2D eigenvalue weighted by atomic mass is 32.2. The Morgan fingerprint density at radius 2 is 2.17 bits per heavy atom. The number of sulfonamides is 1. The monoisotopic (exact) mass is 372 g/mol. The van der Waals surface area contributed by atoms with E-state index < -0.39 is 10.0 Å². The van der Waals surface area contributed by atoms with Crippen molar-refractivity contribution in [1.29, 1.82) is 0 Å². The van der Waals surface area contributed by atoms with Crippen molar-refractivity contribution in [2.45, 2.75) is 13.3 Å². The van der Waals surface area contributed by atoms with Crippen molar-refractivity contribution >= 4 is 48.4 Å². The van der Waals surface area contributed by atoms with E-state index in [1.54, 1.807) is 18.2 Å². The van der Waals surface area contributed by atoms with E-state index in [4.69, 9.17) is 4.74 Å². The molecule has 132 valence electrons. The molecule has 0 aliphatic carbocycles. The van der Waals surface area contributed by atoms with Gasteiger partial charge in [-0.1, -0.05) is 11.3 Å². The number of carbonyl (C=O) groups excluding carboxylic acids is 1. The third-order valence-corrected chi connectivity index (χ3v) is 4.50. The number of ether oxygens (including phenoxy) is 1. The van der Waals surface area contributed by atoms with Gasteiger partial charge in [-0.05, 0) is 31.5 Å². The number of hydrogen-bond acceptors (Lipinski definition) is 6. The SMILES string of the molecule is CCOCCCNC(=O)Nc1ccc2nc(NS(C)(=O)=O)sc2c1. The molecule has 3 N–H and O–H groups in total. The van der Waals surface area contributed by atoms with Crippen LogP contribution in [0.25, 0.3) is 10.2 Å². The van der Waals surface area contributed by atoms with E-state index in [1.165, 1.54) is 11.3 Å². The van der Waals surface area contributed by atoms with Crippen molar-refractivity contribution in [1.82, 2.24) is 10.3 Å². The largest absolute Gasteiger partial charge is 0.382 e. The molecule has 1 aromatic heterocycles. The summed E-state index contributed by atoms with van der Waals surface area (Å²) < 4.78 is 30.8. The van der Waals surface area contributed by atoms with Crippen molar-refractivity contribution in [3.8, 4) is 0 Å². The van der Waals surface area contributed by atoms with Crippen LogP contribution in [-0.4, -0.2) is 45.4 Å². The van der Waals surface area contributed by atoms with Gasteiger partial charge in [-0.2, -0.15) is 0 Å². The predicted octanol–water partition coefficient (Wildman–Crippen LogP) is 2.22. The number of fused-ring (bicyclic) bond motifs is 1. The summed E-state index contributed by atoms with van der Waals surface area (Å²) in [6.07, 6.45) is 1.82. The molecule has 1 aromatic carbocycles. The standard InChI is InChI=1S/C14H20N4O4S2/c1-3-22-8-4-7-15-13(19)16-10-5-6-11-12(9-10)23-14(17-11)18-24(2,20)21/h5-6,9H,3-4,7-8H2,1-2H3,(H,17,18)(H2,15,16,19). The number of nitrogens with one attached hydrogen (secondary N) is 3. The Hall–Kier alpha value is -1.91. The molecule has 0 atom stereocenters. The maximum absolute atomic E-state index is 11.8. The third kappa shape index (κ3) is 5.95. The van der Waals surface area contributed by atoms with Gasteiger partial charge < -0.3 is 15.4 Å². The molecule has 10 heteroatoms. The summed E-state index contributed by atoms with van der Waals surface area (Å²) in [6, 6.07) is 4.89. The number of amides is 2. The summed E-state index contributed by atoms with van der Waals surface area (Å²) in [4.78, 5) is 16.0. The third-order valence-electron chi connectivity index (χ3n) is 2.87. The van der Waals surface area contributed by atoms with E-state index in [0.29, 0.717) is 36.1 Å². The van der Waals surface area contributed by atoms with Gasteiger partial charge in [-0.3, -0.25) is 4.72 Å². The van der Waals surface area contributed by atoms with Gasteiger partial charge in [0.15, 0.2) is 5.13 Å². The lowest BCUT2D eigenvalue weighted by atomic mass is 10.3. The fraction of sp³-hybridized carbons (Fsp3) is 0.429. The molecule has 2 rings (SSSR count). The van der Waals surface area contributed by atoms with Gasteiger partial charge in [-0.15, -0.1) is 0 Å². The molecule has 2 aromatic rings. The number of aromatic nitrogens is 1. The average Bonchev–Trinajstić information content (AvgIpc) is 2.86. The first-order chi connectivity index (χ1) is 11.4. The molecule has 0 radical (unpaired) electrons. The fourth-order valence-corrected chi connectivity index (χ4v) is 3.64.